The normalized spacial score (nSPS) is 41.8. The third kappa shape index (κ3) is 4.18. The molecule has 4 aliphatic carbocycles. The van der Waals surface area contributed by atoms with Crippen LogP contribution < -0.4 is 0 Å². The molecule has 3 fully saturated rings. The van der Waals surface area contributed by atoms with E-state index < -0.39 is 88.7 Å². The van der Waals surface area contributed by atoms with Crippen LogP contribution >= 0.6 is 0 Å². The highest BCUT2D eigenvalue weighted by atomic mass is 19.1. The van der Waals surface area contributed by atoms with Gasteiger partial charge in [-0.3, -0.25) is 9.59 Å². The average Bonchev–Trinajstić information content (AvgIpc) is 3.07. The number of allylic oxidation sites excluding steroid dienone is 4. The molecular formula is C29H38F2O9. The van der Waals surface area contributed by atoms with E-state index >= 15 is 8.78 Å². The van der Waals surface area contributed by atoms with Crippen LogP contribution in [0.5, 0.6) is 0 Å². The van der Waals surface area contributed by atoms with Crippen LogP contribution in [-0.4, -0.2) is 71.8 Å². The van der Waals surface area contributed by atoms with Gasteiger partial charge in [0.2, 0.25) is 5.78 Å². The van der Waals surface area contributed by atoms with Crippen molar-refractivity contribution in [3.8, 4) is 0 Å². The van der Waals surface area contributed by atoms with Crippen LogP contribution in [0, 0.1) is 28.6 Å². The van der Waals surface area contributed by atoms with Crippen LogP contribution in [0.25, 0.3) is 0 Å². The number of Topliss-reactive ketones (excluding diaryl/α,β-unsaturated/α-hetero) is 1. The maximum absolute atomic E-state index is 17.5. The van der Waals surface area contributed by atoms with Crippen LogP contribution in [-0.2, 0) is 28.5 Å². The summed E-state index contributed by atoms with van der Waals surface area (Å²) >= 11 is 0. The van der Waals surface area contributed by atoms with Gasteiger partial charge in [0, 0.05) is 22.7 Å². The Morgan fingerprint density at radius 2 is 1.80 bits per heavy atom. The Morgan fingerprint density at radius 3 is 2.42 bits per heavy atom. The first-order valence-corrected chi connectivity index (χ1v) is 13.8. The summed E-state index contributed by atoms with van der Waals surface area (Å²) in [7, 11) is 0. The quantitative estimate of drug-likeness (QED) is 0.458. The van der Waals surface area contributed by atoms with Gasteiger partial charge in [0.15, 0.2) is 23.7 Å². The van der Waals surface area contributed by atoms with Crippen molar-refractivity contribution in [2.45, 2.75) is 90.5 Å². The number of aliphatic hydroxyl groups is 1. The Morgan fingerprint density at radius 1 is 1.12 bits per heavy atom. The molecule has 0 bridgehead atoms. The number of carbonyl (C=O) groups excluding carboxylic acids is 4. The molecule has 11 heteroatoms. The second-order valence-electron chi connectivity index (χ2n) is 12.1. The Bertz CT molecular complexity index is 1150. The molecule has 0 aromatic heterocycles. The van der Waals surface area contributed by atoms with Crippen LogP contribution in [0.1, 0.15) is 60.8 Å². The molecule has 40 heavy (non-hydrogen) atoms. The van der Waals surface area contributed by atoms with Crippen molar-refractivity contribution in [1.29, 1.82) is 0 Å². The van der Waals surface area contributed by atoms with Gasteiger partial charge >= 0.3 is 12.3 Å². The molecule has 3 saturated carbocycles. The van der Waals surface area contributed by atoms with E-state index in [-0.39, 0.29) is 31.4 Å². The number of aliphatic hydroxyl groups excluding tert-OH is 1. The minimum absolute atomic E-state index is 0.0189. The van der Waals surface area contributed by atoms with E-state index in [2.05, 4.69) is 0 Å². The first kappa shape index (κ1) is 30.1. The van der Waals surface area contributed by atoms with Crippen molar-refractivity contribution >= 4 is 23.9 Å². The van der Waals surface area contributed by atoms with Crippen LogP contribution in [0.4, 0.5) is 18.4 Å². The van der Waals surface area contributed by atoms with Crippen molar-refractivity contribution in [1.82, 2.24) is 0 Å². The topological polar surface area (TPSA) is 125 Å². The molecule has 0 aromatic rings. The molecule has 222 valence electrons. The third-order valence-electron chi connectivity index (χ3n) is 9.74. The predicted molar refractivity (Wildman–Crippen MR) is 137 cm³/mol. The Hall–Kier alpha value is -2.82. The van der Waals surface area contributed by atoms with Gasteiger partial charge in [-0.25, -0.2) is 18.4 Å². The molecule has 0 aliphatic heterocycles. The smallest absolute Gasteiger partial charge is 0.435 e. The number of ether oxygens (including phenoxy) is 4. The summed E-state index contributed by atoms with van der Waals surface area (Å²) in [5.41, 5.74) is -7.36. The zero-order chi connectivity index (χ0) is 29.8. The van der Waals surface area contributed by atoms with Crippen molar-refractivity contribution in [3.05, 3.63) is 23.8 Å². The van der Waals surface area contributed by atoms with Gasteiger partial charge in [0.25, 0.3) is 0 Å². The summed E-state index contributed by atoms with van der Waals surface area (Å²) in [4.78, 5) is 50.8. The summed E-state index contributed by atoms with van der Waals surface area (Å²) in [5, 5.41) is 11.6. The molecule has 1 N–H and O–H groups in total. The highest BCUT2D eigenvalue weighted by Gasteiger charge is 2.78. The number of alkyl halides is 2. The number of halogens is 2. The molecule has 0 heterocycles. The van der Waals surface area contributed by atoms with Crippen LogP contribution in [0.3, 0.4) is 0 Å². The maximum atomic E-state index is 17.5. The number of ketones is 2. The van der Waals surface area contributed by atoms with Crippen molar-refractivity contribution in [2.75, 3.05) is 13.2 Å². The van der Waals surface area contributed by atoms with Gasteiger partial charge in [0.05, 0.1) is 18.8 Å². The van der Waals surface area contributed by atoms with Gasteiger partial charge in [-0.05, 0) is 70.6 Å². The van der Waals surface area contributed by atoms with Crippen molar-refractivity contribution in [3.63, 3.8) is 0 Å². The maximum Gasteiger partial charge on any atom is 0.509 e. The lowest BCUT2D eigenvalue weighted by Gasteiger charge is -2.63. The predicted octanol–water partition coefficient (Wildman–Crippen LogP) is 4.59. The van der Waals surface area contributed by atoms with E-state index in [1.165, 1.54) is 19.1 Å². The zero-order valence-electron chi connectivity index (χ0n) is 23.7. The van der Waals surface area contributed by atoms with Crippen molar-refractivity contribution in [2.24, 2.45) is 28.6 Å². The summed E-state index contributed by atoms with van der Waals surface area (Å²) < 4.78 is 54.0. The second-order valence-corrected chi connectivity index (χ2v) is 12.1. The van der Waals surface area contributed by atoms with Crippen LogP contribution in [0.2, 0.25) is 0 Å². The molecule has 0 amide bonds. The zero-order valence-corrected chi connectivity index (χ0v) is 23.7. The highest BCUT2D eigenvalue weighted by molar-refractivity contribution is 6.01. The fourth-order valence-electron chi connectivity index (χ4n) is 8.13. The Balaban J connectivity index is 1.78. The fraction of sp³-hybridized carbons (Fsp3) is 0.724. The van der Waals surface area contributed by atoms with E-state index in [1.54, 1.807) is 34.6 Å². The second kappa shape index (κ2) is 10.2. The largest absolute Gasteiger partial charge is 0.509 e. The molecule has 4 aliphatic rings. The average molecular weight is 569 g/mol. The van der Waals surface area contributed by atoms with Crippen molar-refractivity contribution < 1.29 is 52.0 Å². The number of carbonyl (C=O) groups is 4. The Labute approximate surface area is 232 Å². The van der Waals surface area contributed by atoms with Gasteiger partial charge in [-0.1, -0.05) is 19.9 Å². The molecule has 0 aromatic carbocycles. The summed E-state index contributed by atoms with van der Waals surface area (Å²) in [6.45, 7) is 8.67. The lowest BCUT2D eigenvalue weighted by Crippen LogP contribution is -2.71. The standard InChI is InChI=1S/C29H38F2O9/c1-7-37-25(36)40-29(23(34)14-38-24(35)39-15(2)3)16(4)10-18-19-12-21(30)20-11-17(32)8-9-26(20,5)28(19,31)22(33)13-27(18,29)6/h8-9,11,15-16,18-19,21-22,33H,7,10,12-14H2,1-6H3/t16-,18+,19+,21+,22+,26+,27+,28+,29+/m1/s1. The third-order valence-corrected chi connectivity index (χ3v) is 9.74. The number of hydrogen-bond acceptors (Lipinski definition) is 9. The molecule has 0 unspecified atom stereocenters. The molecule has 0 spiro atoms. The number of hydrogen-bond donors (Lipinski definition) is 1. The van der Waals surface area contributed by atoms with Gasteiger partial charge in [-0.15, -0.1) is 0 Å². The SMILES string of the molecule is CCOC(=O)O[C@]1(C(=O)COC(=O)OC(C)C)[C@H](C)C[C@H]2[C@@H]3C[C@H](F)C4=CC(=O)C=C[C@]4(C)[C@@]3(F)[C@@H](O)C[C@@]21C. The lowest BCUT2D eigenvalue weighted by molar-refractivity contribution is -0.226. The van der Waals surface area contributed by atoms with E-state index in [9.17, 15) is 24.3 Å². The molecule has 9 atom stereocenters. The highest BCUT2D eigenvalue weighted by Crippen LogP contribution is 2.71. The monoisotopic (exact) mass is 568 g/mol. The van der Waals surface area contributed by atoms with Gasteiger partial charge in [0.1, 0.15) is 6.17 Å². The summed E-state index contributed by atoms with van der Waals surface area (Å²) in [6.07, 6.45) is -2.99. The van der Waals surface area contributed by atoms with Crippen LogP contribution in [0.15, 0.2) is 23.8 Å². The van der Waals surface area contributed by atoms with E-state index in [1.807, 2.05) is 0 Å². The molecule has 0 radical (unpaired) electrons. The molecule has 9 nitrogen and oxygen atoms in total. The molecular weight excluding hydrogens is 530 g/mol. The van der Waals surface area contributed by atoms with E-state index in [4.69, 9.17) is 18.9 Å². The molecule has 0 saturated heterocycles. The van der Waals surface area contributed by atoms with E-state index in [0.29, 0.717) is 0 Å². The minimum Gasteiger partial charge on any atom is -0.435 e. The Kier molecular flexibility index (Phi) is 7.71. The molecule has 4 rings (SSSR count). The van der Waals surface area contributed by atoms with Gasteiger partial charge < -0.3 is 24.1 Å². The fourth-order valence-corrected chi connectivity index (χ4v) is 8.13. The summed E-state index contributed by atoms with van der Waals surface area (Å²) in [5.74, 6) is -3.78. The first-order valence-electron chi connectivity index (χ1n) is 13.8. The number of fused-ring (bicyclic) bond motifs is 5. The number of rotatable bonds is 6. The van der Waals surface area contributed by atoms with E-state index in [0.717, 1.165) is 6.08 Å². The minimum atomic E-state index is -2.37. The lowest BCUT2D eigenvalue weighted by atomic mass is 9.44. The van der Waals surface area contributed by atoms with Gasteiger partial charge in [-0.2, -0.15) is 0 Å². The summed E-state index contributed by atoms with van der Waals surface area (Å²) in [6, 6.07) is 0. The first-order chi connectivity index (χ1) is 18.6.